The molecule has 46 heavy (non-hydrogen) atoms. The fraction of sp³-hybridized carbons (Fsp3) is 0.314. The summed E-state index contributed by atoms with van der Waals surface area (Å²) in [6.07, 6.45) is 6.28. The number of amides is 2. The lowest BCUT2D eigenvalue weighted by Gasteiger charge is -2.29. The Kier molecular flexibility index (Phi) is 9.46. The van der Waals surface area contributed by atoms with Crippen molar-refractivity contribution in [1.82, 2.24) is 20.3 Å². The normalized spacial score (nSPS) is 19.6. The van der Waals surface area contributed by atoms with E-state index in [4.69, 9.17) is 0 Å². The largest absolute Gasteiger partial charge is 0.395 e. The van der Waals surface area contributed by atoms with Crippen LogP contribution in [0.5, 0.6) is 0 Å². The molecular formula is C35H37BrN6O4. The van der Waals surface area contributed by atoms with E-state index in [9.17, 15) is 19.8 Å². The van der Waals surface area contributed by atoms with Gasteiger partial charge in [-0.2, -0.15) is 0 Å². The molecule has 2 aliphatic rings. The van der Waals surface area contributed by atoms with Gasteiger partial charge in [0.15, 0.2) is 5.60 Å². The highest BCUT2D eigenvalue weighted by Gasteiger charge is 2.52. The lowest BCUT2D eigenvalue weighted by molar-refractivity contribution is -0.139. The number of fused-ring (bicyclic) bond motifs is 1. The summed E-state index contributed by atoms with van der Waals surface area (Å²) in [5.41, 5.74) is 2.78. The van der Waals surface area contributed by atoms with Gasteiger partial charge in [0.05, 0.1) is 37.0 Å². The first-order valence-electron chi connectivity index (χ1n) is 15.5. The molecule has 6 rings (SSSR count). The first kappa shape index (κ1) is 31.8. The summed E-state index contributed by atoms with van der Waals surface area (Å²) >= 11 is 3.52. The molecule has 238 valence electrons. The lowest BCUT2D eigenvalue weighted by Crippen LogP contribution is -2.48. The predicted octanol–water partition coefficient (Wildman–Crippen LogP) is 4.12. The van der Waals surface area contributed by atoms with Gasteiger partial charge in [0.2, 0.25) is 5.91 Å². The van der Waals surface area contributed by atoms with E-state index in [1.807, 2.05) is 98.1 Å². The van der Waals surface area contributed by atoms with Crippen LogP contribution in [0.3, 0.4) is 0 Å². The summed E-state index contributed by atoms with van der Waals surface area (Å²) < 4.78 is 2.51. The van der Waals surface area contributed by atoms with Crippen LogP contribution in [0.25, 0.3) is 0 Å². The Balaban J connectivity index is 1.16. The summed E-state index contributed by atoms with van der Waals surface area (Å²) in [4.78, 5) is 29.9. The second kappa shape index (κ2) is 13.7. The van der Waals surface area contributed by atoms with Gasteiger partial charge in [-0.1, -0.05) is 82.7 Å². The number of rotatable bonds is 11. The van der Waals surface area contributed by atoms with E-state index in [-0.39, 0.29) is 25.0 Å². The first-order valence-corrected chi connectivity index (χ1v) is 16.3. The molecule has 3 atom stereocenters. The van der Waals surface area contributed by atoms with Crippen molar-refractivity contribution >= 4 is 39.1 Å². The standard InChI is InChI=1S/C35H37BrN6O4/c1-24(8-5-6-16-40-22-31(38-39-40)29(23-43)26-10-3-2-4-11-26)35(46)30-19-27(36)13-14-32(30)42(34(35)45)21-25-9-7-12-28(18-25)41-17-15-37-20-33(41)44/h2-5,7-14,18-19,22,24,29,37,43,46H,6,15-17,20-21,23H2,1H3/b8-5+/t24-,29?,35+/m0/s1. The Labute approximate surface area is 276 Å². The van der Waals surface area contributed by atoms with Gasteiger partial charge >= 0.3 is 0 Å². The van der Waals surface area contributed by atoms with Crippen LogP contribution in [0.4, 0.5) is 11.4 Å². The first-order chi connectivity index (χ1) is 22.3. The Morgan fingerprint density at radius 1 is 1.09 bits per heavy atom. The lowest BCUT2D eigenvalue weighted by atomic mass is 9.83. The third-order valence-corrected chi connectivity index (χ3v) is 9.28. The van der Waals surface area contributed by atoms with Crippen LogP contribution < -0.4 is 15.1 Å². The maximum absolute atomic E-state index is 14.1. The molecule has 0 spiro atoms. The van der Waals surface area contributed by atoms with Crippen LogP contribution in [-0.2, 0) is 28.3 Å². The van der Waals surface area contributed by atoms with Crippen LogP contribution in [0.1, 0.15) is 41.6 Å². The Morgan fingerprint density at radius 2 is 1.91 bits per heavy atom. The predicted molar refractivity (Wildman–Crippen MR) is 179 cm³/mol. The van der Waals surface area contributed by atoms with E-state index in [1.54, 1.807) is 14.5 Å². The number of benzene rings is 3. The smallest absolute Gasteiger partial charge is 0.264 e. The molecule has 1 saturated heterocycles. The number of hydrogen-bond donors (Lipinski definition) is 3. The molecule has 0 aliphatic carbocycles. The number of aromatic nitrogens is 3. The Bertz CT molecular complexity index is 1740. The third-order valence-electron chi connectivity index (χ3n) is 8.79. The van der Waals surface area contributed by atoms with Crippen molar-refractivity contribution in [2.75, 3.05) is 36.0 Å². The van der Waals surface area contributed by atoms with E-state index in [2.05, 4.69) is 31.6 Å². The van der Waals surface area contributed by atoms with Crippen LogP contribution in [0.15, 0.2) is 95.6 Å². The van der Waals surface area contributed by atoms with E-state index in [0.29, 0.717) is 43.0 Å². The van der Waals surface area contributed by atoms with E-state index in [1.165, 1.54) is 0 Å². The van der Waals surface area contributed by atoms with Crippen molar-refractivity contribution in [3.05, 3.63) is 118 Å². The molecule has 3 N–H and O–H groups in total. The molecule has 0 radical (unpaired) electrons. The molecule has 1 fully saturated rings. The zero-order valence-electron chi connectivity index (χ0n) is 25.6. The van der Waals surface area contributed by atoms with Crippen molar-refractivity contribution in [2.45, 2.75) is 38.0 Å². The zero-order valence-corrected chi connectivity index (χ0v) is 27.2. The summed E-state index contributed by atoms with van der Waals surface area (Å²) in [5.74, 6) is -1.15. The number of aliphatic hydroxyl groups is 2. The summed E-state index contributed by atoms with van der Waals surface area (Å²) in [7, 11) is 0. The molecule has 4 aromatic rings. The number of nitrogens with zero attached hydrogens (tertiary/aromatic N) is 5. The van der Waals surface area contributed by atoms with Gasteiger partial charge in [-0.3, -0.25) is 14.3 Å². The monoisotopic (exact) mass is 684 g/mol. The fourth-order valence-corrected chi connectivity index (χ4v) is 6.61. The van der Waals surface area contributed by atoms with Crippen molar-refractivity contribution in [2.24, 2.45) is 5.92 Å². The molecule has 3 heterocycles. The number of piperazine rings is 1. The second-order valence-electron chi connectivity index (χ2n) is 11.8. The van der Waals surface area contributed by atoms with Gasteiger partial charge < -0.3 is 25.3 Å². The number of allylic oxidation sites excluding steroid dienone is 1. The summed E-state index contributed by atoms with van der Waals surface area (Å²) in [6.45, 7) is 4.19. The van der Waals surface area contributed by atoms with Crippen molar-refractivity contribution < 1.29 is 19.8 Å². The number of halogens is 1. The van der Waals surface area contributed by atoms with Gasteiger partial charge in [0, 0.05) is 47.5 Å². The summed E-state index contributed by atoms with van der Waals surface area (Å²) in [6, 6.07) is 22.9. The molecule has 0 bridgehead atoms. The van der Waals surface area contributed by atoms with Gasteiger partial charge in [-0.15, -0.1) is 5.10 Å². The molecule has 3 aromatic carbocycles. The molecular weight excluding hydrogens is 648 g/mol. The molecule has 1 aromatic heterocycles. The molecule has 0 saturated carbocycles. The molecule has 11 heteroatoms. The quantitative estimate of drug-likeness (QED) is 0.203. The Morgan fingerprint density at radius 3 is 2.70 bits per heavy atom. The third kappa shape index (κ3) is 6.28. The number of aliphatic hydroxyl groups excluding tert-OH is 1. The Hall–Kier alpha value is -4.16. The molecule has 2 amide bonds. The highest BCUT2D eigenvalue weighted by Crippen LogP contribution is 2.47. The highest BCUT2D eigenvalue weighted by atomic mass is 79.9. The maximum Gasteiger partial charge on any atom is 0.264 e. The average molecular weight is 686 g/mol. The van der Waals surface area contributed by atoms with Gasteiger partial charge in [0.25, 0.3) is 5.91 Å². The van der Waals surface area contributed by atoms with Crippen LogP contribution in [0, 0.1) is 5.92 Å². The van der Waals surface area contributed by atoms with Crippen LogP contribution >= 0.6 is 15.9 Å². The van der Waals surface area contributed by atoms with Crippen molar-refractivity contribution in [3.63, 3.8) is 0 Å². The number of hydrogen-bond acceptors (Lipinski definition) is 7. The minimum absolute atomic E-state index is 0.0108. The summed E-state index contributed by atoms with van der Waals surface area (Å²) in [5, 5.41) is 33.7. The van der Waals surface area contributed by atoms with E-state index in [0.717, 1.165) is 27.8 Å². The second-order valence-corrected chi connectivity index (χ2v) is 12.7. The molecule has 2 aliphatic heterocycles. The van der Waals surface area contributed by atoms with Gasteiger partial charge in [-0.25, -0.2) is 0 Å². The van der Waals surface area contributed by atoms with E-state index >= 15 is 0 Å². The topological polar surface area (TPSA) is 124 Å². The number of aryl methyl sites for hydroxylation is 1. The number of nitrogens with one attached hydrogen (secondary N) is 1. The van der Waals surface area contributed by atoms with Gasteiger partial charge in [0.1, 0.15) is 0 Å². The SMILES string of the molecule is C[C@@H](/C=C/CCn1cc(C(CO)c2ccccc2)nn1)[C@]1(O)C(=O)N(Cc2cccc(N3CCNCC3=O)c2)c2ccc(Br)cc21. The maximum atomic E-state index is 14.1. The fourth-order valence-electron chi connectivity index (χ4n) is 6.24. The minimum atomic E-state index is -1.76. The van der Waals surface area contributed by atoms with Crippen LogP contribution in [0.2, 0.25) is 0 Å². The molecule has 1 unspecified atom stereocenters. The van der Waals surface area contributed by atoms with Crippen molar-refractivity contribution in [1.29, 1.82) is 0 Å². The molecule has 10 nitrogen and oxygen atoms in total. The van der Waals surface area contributed by atoms with E-state index < -0.39 is 17.4 Å². The highest BCUT2D eigenvalue weighted by molar-refractivity contribution is 9.10. The number of carbonyl (C=O) groups is 2. The van der Waals surface area contributed by atoms with Crippen molar-refractivity contribution in [3.8, 4) is 0 Å². The number of carbonyl (C=O) groups excluding carboxylic acids is 2. The zero-order chi connectivity index (χ0) is 32.3. The van der Waals surface area contributed by atoms with Gasteiger partial charge in [-0.05, 0) is 47.9 Å². The average Bonchev–Trinajstić information content (AvgIpc) is 3.61. The number of anilines is 2. The minimum Gasteiger partial charge on any atom is -0.395 e. The van der Waals surface area contributed by atoms with Crippen LogP contribution in [-0.4, -0.2) is 63.3 Å².